The van der Waals surface area contributed by atoms with Gasteiger partial charge in [0.1, 0.15) is 0 Å². The molecule has 0 amide bonds. The Morgan fingerprint density at radius 2 is 2.27 bits per heavy atom. The molecule has 5 heteroatoms. The number of halogens is 1. The van der Waals surface area contributed by atoms with Gasteiger partial charge in [-0.25, -0.2) is 0 Å². The first-order valence-electron chi connectivity index (χ1n) is 4.21. The molecule has 1 aliphatic rings. The van der Waals surface area contributed by atoms with Crippen molar-refractivity contribution >= 4 is 17.9 Å². The van der Waals surface area contributed by atoms with E-state index in [2.05, 4.69) is 0 Å². The maximum absolute atomic E-state index is 10.8. The van der Waals surface area contributed by atoms with E-state index < -0.39 is 0 Å². The third-order valence-corrected chi connectivity index (χ3v) is 2.41. The molecule has 4 nitrogen and oxygen atoms in total. The highest BCUT2D eigenvalue weighted by Crippen LogP contribution is 2.41. The smallest absolute Gasteiger partial charge is 0.231 e. The lowest BCUT2D eigenvalue weighted by Gasteiger charge is -2.05. The average Bonchev–Trinajstić information content (AvgIpc) is 2.67. The van der Waals surface area contributed by atoms with Crippen molar-refractivity contribution in [2.45, 2.75) is 6.42 Å². The van der Waals surface area contributed by atoms with E-state index >= 15 is 0 Å². The molecule has 0 saturated heterocycles. The molecule has 2 rings (SSSR count). The van der Waals surface area contributed by atoms with Crippen molar-refractivity contribution < 1.29 is 14.3 Å². The fourth-order valence-corrected chi connectivity index (χ4v) is 1.71. The molecule has 0 fully saturated rings. The Labute approximate surface area is 91.0 Å². The molecular weight excluding hydrogens is 218 g/mol. The number of hydrogen-bond acceptors (Lipinski definition) is 4. The van der Waals surface area contributed by atoms with Crippen molar-refractivity contribution in [3.05, 3.63) is 22.2 Å². The van der Waals surface area contributed by atoms with Crippen molar-refractivity contribution in [3.8, 4) is 17.6 Å². The molecule has 1 aromatic rings. The third-order valence-electron chi connectivity index (χ3n) is 2.09. The Bertz CT molecular complexity index is 465. The summed E-state index contributed by atoms with van der Waals surface area (Å²) in [5, 5.41) is 8.89. The number of aldehydes is 1. The van der Waals surface area contributed by atoms with Crippen LogP contribution in [0.25, 0.3) is 0 Å². The van der Waals surface area contributed by atoms with E-state index in [0.29, 0.717) is 23.3 Å². The number of hydrogen-bond donors (Lipinski definition) is 0. The van der Waals surface area contributed by atoms with Crippen LogP contribution in [0.5, 0.6) is 11.5 Å². The van der Waals surface area contributed by atoms with Gasteiger partial charge in [-0.2, -0.15) is 5.26 Å². The van der Waals surface area contributed by atoms with Crippen molar-refractivity contribution in [2.75, 3.05) is 6.79 Å². The summed E-state index contributed by atoms with van der Waals surface area (Å²) < 4.78 is 10.3. The van der Waals surface area contributed by atoms with Gasteiger partial charge in [0.2, 0.25) is 6.79 Å². The molecule has 1 aromatic carbocycles. The summed E-state index contributed by atoms with van der Waals surface area (Å²) in [6.07, 6.45) is 0.788. The third kappa shape index (κ3) is 1.51. The molecule has 0 aromatic heterocycles. The number of nitriles is 1. The lowest BCUT2D eigenvalue weighted by Crippen LogP contribution is -1.94. The monoisotopic (exact) mass is 223 g/mol. The molecule has 0 aliphatic carbocycles. The largest absolute Gasteiger partial charge is 0.453 e. The Hall–Kier alpha value is -1.73. The number of carbonyl (C=O) groups is 1. The van der Waals surface area contributed by atoms with Crippen LogP contribution < -0.4 is 9.47 Å². The lowest BCUT2D eigenvalue weighted by molar-refractivity contribution is 0.111. The molecule has 1 aliphatic heterocycles. The zero-order valence-corrected chi connectivity index (χ0v) is 8.37. The summed E-state index contributed by atoms with van der Waals surface area (Å²) >= 11 is 5.87. The quantitative estimate of drug-likeness (QED) is 0.719. The minimum absolute atomic E-state index is 0.0505. The molecule has 76 valence electrons. The zero-order chi connectivity index (χ0) is 10.8. The highest BCUT2D eigenvalue weighted by atomic mass is 35.5. The van der Waals surface area contributed by atoms with Crippen molar-refractivity contribution in [1.29, 1.82) is 5.26 Å². The number of carbonyl (C=O) groups excluding carboxylic acids is 1. The number of ether oxygens (including phenoxy) is 2. The molecule has 0 saturated carbocycles. The predicted octanol–water partition coefficient (Wildman–Crippen LogP) is 1.95. The van der Waals surface area contributed by atoms with E-state index in [0.717, 1.165) is 0 Å². The number of rotatable bonds is 2. The van der Waals surface area contributed by atoms with Crippen LogP contribution in [0.1, 0.15) is 15.9 Å². The maximum Gasteiger partial charge on any atom is 0.231 e. The van der Waals surface area contributed by atoms with Gasteiger partial charge in [0.25, 0.3) is 0 Å². The first kappa shape index (κ1) is 9.81. The summed E-state index contributed by atoms with van der Waals surface area (Å²) in [5.74, 6) is 0.783. The second kappa shape index (κ2) is 3.79. The first-order valence-corrected chi connectivity index (χ1v) is 4.58. The summed E-state index contributed by atoms with van der Waals surface area (Å²) in [7, 11) is 0. The van der Waals surface area contributed by atoms with E-state index in [1.165, 1.54) is 0 Å². The lowest BCUT2D eigenvalue weighted by atomic mass is 10.1. The van der Waals surface area contributed by atoms with E-state index in [4.69, 9.17) is 26.3 Å². The van der Waals surface area contributed by atoms with Crippen LogP contribution in [-0.2, 0) is 6.42 Å². The average molecular weight is 224 g/mol. The van der Waals surface area contributed by atoms with Gasteiger partial charge >= 0.3 is 0 Å². The number of nitrogens with zero attached hydrogens (tertiary/aromatic N) is 1. The summed E-state index contributed by atoms with van der Waals surface area (Å²) in [4.78, 5) is 10.8. The van der Waals surface area contributed by atoms with Gasteiger partial charge in [-0.1, -0.05) is 11.6 Å². The molecule has 0 atom stereocenters. The Morgan fingerprint density at radius 3 is 2.93 bits per heavy atom. The Morgan fingerprint density at radius 1 is 1.53 bits per heavy atom. The highest BCUT2D eigenvalue weighted by molar-refractivity contribution is 6.33. The maximum atomic E-state index is 10.8. The van der Waals surface area contributed by atoms with Gasteiger partial charge in [0.15, 0.2) is 17.8 Å². The van der Waals surface area contributed by atoms with Gasteiger partial charge in [-0.05, 0) is 6.07 Å². The molecule has 15 heavy (non-hydrogen) atoms. The highest BCUT2D eigenvalue weighted by Gasteiger charge is 2.24. The van der Waals surface area contributed by atoms with Crippen molar-refractivity contribution in [2.24, 2.45) is 0 Å². The summed E-state index contributed by atoms with van der Waals surface area (Å²) in [6, 6.07) is 3.55. The Kier molecular flexibility index (Phi) is 2.48. The van der Waals surface area contributed by atoms with Crippen LogP contribution in [0.15, 0.2) is 6.07 Å². The van der Waals surface area contributed by atoms with Crippen LogP contribution in [0, 0.1) is 11.3 Å². The van der Waals surface area contributed by atoms with Gasteiger partial charge < -0.3 is 9.47 Å². The molecule has 0 spiro atoms. The van der Waals surface area contributed by atoms with E-state index in [1.54, 1.807) is 6.07 Å². The number of benzene rings is 1. The van der Waals surface area contributed by atoms with Crippen molar-refractivity contribution in [3.63, 3.8) is 0 Å². The second-order valence-corrected chi connectivity index (χ2v) is 3.36. The van der Waals surface area contributed by atoms with Crippen LogP contribution in [0.2, 0.25) is 5.02 Å². The van der Waals surface area contributed by atoms with Gasteiger partial charge in [-0.3, -0.25) is 4.79 Å². The molecule has 0 radical (unpaired) electrons. The fraction of sp³-hybridized carbons (Fsp3) is 0.200. The molecule has 1 heterocycles. The van der Waals surface area contributed by atoms with Crippen molar-refractivity contribution in [1.82, 2.24) is 0 Å². The SMILES string of the molecule is N#CCc1cc(Cl)c(C=O)c2c1OCO2. The predicted molar refractivity (Wildman–Crippen MR) is 52.3 cm³/mol. The topological polar surface area (TPSA) is 59.3 Å². The van der Waals surface area contributed by atoms with E-state index in [1.807, 2.05) is 6.07 Å². The first-order chi connectivity index (χ1) is 7.27. The number of fused-ring (bicyclic) bond motifs is 1. The molecule has 0 unspecified atom stereocenters. The standard InChI is InChI=1S/C10H6ClNO3/c11-8-3-6(1-2-12)9-10(7(8)4-13)15-5-14-9/h3-4H,1,5H2. The normalized spacial score (nSPS) is 12.3. The van der Waals surface area contributed by atoms with Crippen LogP contribution in [0.3, 0.4) is 0 Å². The Balaban J connectivity index is 2.63. The van der Waals surface area contributed by atoms with Gasteiger partial charge in [0, 0.05) is 5.56 Å². The summed E-state index contributed by atoms with van der Waals surface area (Å²) in [5.41, 5.74) is 0.909. The fourth-order valence-electron chi connectivity index (χ4n) is 1.45. The van der Waals surface area contributed by atoms with Crippen LogP contribution in [0.4, 0.5) is 0 Å². The minimum Gasteiger partial charge on any atom is -0.453 e. The van der Waals surface area contributed by atoms with E-state index in [9.17, 15) is 4.79 Å². The minimum atomic E-state index is 0.0505. The zero-order valence-electron chi connectivity index (χ0n) is 7.62. The molecule has 0 N–H and O–H groups in total. The van der Waals surface area contributed by atoms with Gasteiger partial charge in [0.05, 0.1) is 23.1 Å². The summed E-state index contributed by atoms with van der Waals surface area (Å²) in [6.45, 7) is 0.0505. The second-order valence-electron chi connectivity index (χ2n) is 2.95. The van der Waals surface area contributed by atoms with E-state index in [-0.39, 0.29) is 23.8 Å². The molecule has 0 bridgehead atoms. The molecular formula is C10H6ClNO3. The van der Waals surface area contributed by atoms with Crippen LogP contribution in [-0.4, -0.2) is 13.1 Å². The van der Waals surface area contributed by atoms with Gasteiger partial charge in [-0.15, -0.1) is 0 Å². The van der Waals surface area contributed by atoms with Crippen LogP contribution >= 0.6 is 11.6 Å².